The Morgan fingerprint density at radius 3 is 2.42 bits per heavy atom. The highest BCUT2D eigenvalue weighted by Gasteiger charge is 2.23. The molecule has 1 fully saturated rings. The zero-order chi connectivity index (χ0) is 14.3. The van der Waals surface area contributed by atoms with Gasteiger partial charge in [0.2, 0.25) is 5.91 Å². The van der Waals surface area contributed by atoms with Crippen molar-refractivity contribution in [2.24, 2.45) is 11.8 Å². The topological polar surface area (TPSA) is 61.4 Å². The number of amides is 3. The summed E-state index contributed by atoms with van der Waals surface area (Å²) in [4.78, 5) is 25.3. The highest BCUT2D eigenvalue weighted by atomic mass is 16.2. The average molecular weight is 269 g/mol. The third-order valence-corrected chi connectivity index (χ3v) is 3.38. The van der Waals surface area contributed by atoms with Gasteiger partial charge >= 0.3 is 6.03 Å². The minimum atomic E-state index is -0.378. The number of urea groups is 1. The molecular formula is C14H27N3O2. The Hall–Kier alpha value is -1.10. The maximum absolute atomic E-state index is 11.8. The van der Waals surface area contributed by atoms with Crippen LogP contribution in [0.2, 0.25) is 0 Å². The molecule has 0 radical (unpaired) electrons. The summed E-state index contributed by atoms with van der Waals surface area (Å²) in [5.41, 5.74) is 0. The second kappa shape index (κ2) is 8.15. The van der Waals surface area contributed by atoms with E-state index >= 15 is 0 Å². The van der Waals surface area contributed by atoms with Gasteiger partial charge in [0.05, 0.1) is 6.54 Å². The SMILES string of the molecule is CCCCNC(=O)NC(=O)CN1C[C@H](C)C[C@@H](C)C1. The molecule has 5 heteroatoms. The molecular weight excluding hydrogens is 242 g/mol. The van der Waals surface area contributed by atoms with Crippen molar-refractivity contribution in [2.45, 2.75) is 40.0 Å². The van der Waals surface area contributed by atoms with Crippen LogP contribution in [0.4, 0.5) is 4.79 Å². The van der Waals surface area contributed by atoms with E-state index in [4.69, 9.17) is 0 Å². The summed E-state index contributed by atoms with van der Waals surface area (Å²) < 4.78 is 0. The largest absolute Gasteiger partial charge is 0.338 e. The van der Waals surface area contributed by atoms with E-state index in [1.54, 1.807) is 0 Å². The molecule has 5 nitrogen and oxygen atoms in total. The lowest BCUT2D eigenvalue weighted by Gasteiger charge is -2.34. The van der Waals surface area contributed by atoms with Crippen molar-refractivity contribution in [3.63, 3.8) is 0 Å². The van der Waals surface area contributed by atoms with Crippen LogP contribution in [0.5, 0.6) is 0 Å². The highest BCUT2D eigenvalue weighted by molar-refractivity contribution is 5.95. The third kappa shape index (κ3) is 6.57. The predicted octanol–water partition coefficient (Wildman–Crippen LogP) is 1.59. The van der Waals surface area contributed by atoms with Crippen LogP contribution < -0.4 is 10.6 Å². The molecule has 0 saturated carbocycles. The molecule has 3 amide bonds. The number of nitrogens with one attached hydrogen (secondary N) is 2. The van der Waals surface area contributed by atoms with Crippen LogP contribution in [0.25, 0.3) is 0 Å². The Morgan fingerprint density at radius 2 is 1.84 bits per heavy atom. The van der Waals surface area contributed by atoms with Gasteiger partial charge in [0.1, 0.15) is 0 Å². The molecule has 0 aromatic carbocycles. The first-order chi connectivity index (χ1) is 9.01. The van der Waals surface area contributed by atoms with Gasteiger partial charge in [0.15, 0.2) is 0 Å². The van der Waals surface area contributed by atoms with Crippen LogP contribution in [0.15, 0.2) is 0 Å². The number of imide groups is 1. The van der Waals surface area contributed by atoms with Gasteiger partial charge < -0.3 is 5.32 Å². The third-order valence-electron chi connectivity index (χ3n) is 3.38. The van der Waals surface area contributed by atoms with E-state index in [-0.39, 0.29) is 11.9 Å². The van der Waals surface area contributed by atoms with Crippen molar-refractivity contribution in [3.8, 4) is 0 Å². The van der Waals surface area contributed by atoms with Crippen molar-refractivity contribution in [1.82, 2.24) is 15.5 Å². The highest BCUT2D eigenvalue weighted by Crippen LogP contribution is 2.20. The van der Waals surface area contributed by atoms with E-state index in [1.165, 1.54) is 6.42 Å². The van der Waals surface area contributed by atoms with Gasteiger partial charge in [-0.2, -0.15) is 0 Å². The number of nitrogens with zero attached hydrogens (tertiary/aromatic N) is 1. The van der Waals surface area contributed by atoms with Crippen LogP contribution >= 0.6 is 0 Å². The monoisotopic (exact) mass is 269 g/mol. The van der Waals surface area contributed by atoms with E-state index < -0.39 is 0 Å². The van der Waals surface area contributed by atoms with E-state index in [0.717, 1.165) is 25.9 Å². The normalized spacial score (nSPS) is 23.9. The predicted molar refractivity (Wildman–Crippen MR) is 75.8 cm³/mol. The summed E-state index contributed by atoms with van der Waals surface area (Å²) in [6.45, 7) is 9.28. The van der Waals surface area contributed by atoms with Crippen LogP contribution in [0, 0.1) is 11.8 Å². The van der Waals surface area contributed by atoms with Gasteiger partial charge in [-0.1, -0.05) is 27.2 Å². The van der Waals surface area contributed by atoms with E-state index in [1.807, 2.05) is 0 Å². The molecule has 1 rings (SSSR count). The van der Waals surface area contributed by atoms with Gasteiger partial charge in [-0.25, -0.2) is 4.79 Å². The molecule has 19 heavy (non-hydrogen) atoms. The fraction of sp³-hybridized carbons (Fsp3) is 0.857. The number of piperidine rings is 1. The molecule has 0 unspecified atom stereocenters. The lowest BCUT2D eigenvalue weighted by molar-refractivity contribution is -0.121. The zero-order valence-corrected chi connectivity index (χ0v) is 12.4. The lowest BCUT2D eigenvalue weighted by Crippen LogP contribution is -2.48. The first kappa shape index (κ1) is 16.0. The van der Waals surface area contributed by atoms with Gasteiger partial charge in [-0.05, 0) is 24.7 Å². The molecule has 110 valence electrons. The minimum absolute atomic E-state index is 0.213. The molecule has 0 aliphatic carbocycles. The van der Waals surface area contributed by atoms with E-state index in [9.17, 15) is 9.59 Å². The summed E-state index contributed by atoms with van der Waals surface area (Å²) in [6, 6.07) is -0.378. The number of rotatable bonds is 5. The summed E-state index contributed by atoms with van der Waals surface area (Å²) >= 11 is 0. The van der Waals surface area contributed by atoms with Gasteiger partial charge in [-0.3, -0.25) is 15.0 Å². The Balaban J connectivity index is 2.24. The summed E-state index contributed by atoms with van der Waals surface area (Å²) in [5, 5.41) is 5.07. The molecule has 1 aliphatic heterocycles. The molecule has 1 saturated heterocycles. The zero-order valence-electron chi connectivity index (χ0n) is 12.4. The van der Waals surface area contributed by atoms with Crippen molar-refractivity contribution < 1.29 is 9.59 Å². The van der Waals surface area contributed by atoms with Gasteiger partial charge in [-0.15, -0.1) is 0 Å². The van der Waals surface area contributed by atoms with Gasteiger partial charge in [0.25, 0.3) is 0 Å². The molecule has 2 atom stereocenters. The first-order valence-corrected chi connectivity index (χ1v) is 7.31. The molecule has 0 spiro atoms. The second-order valence-electron chi connectivity index (χ2n) is 5.80. The Morgan fingerprint density at radius 1 is 1.21 bits per heavy atom. The second-order valence-corrected chi connectivity index (χ2v) is 5.80. The number of likely N-dealkylation sites (tertiary alicyclic amines) is 1. The van der Waals surface area contributed by atoms with E-state index in [0.29, 0.717) is 24.9 Å². The Labute approximate surface area is 116 Å². The van der Waals surface area contributed by atoms with Crippen molar-refractivity contribution in [3.05, 3.63) is 0 Å². The molecule has 2 N–H and O–H groups in total. The number of carbonyl (C=O) groups excluding carboxylic acids is 2. The summed E-state index contributed by atoms with van der Waals surface area (Å²) in [6.07, 6.45) is 3.18. The number of hydrogen-bond donors (Lipinski definition) is 2. The lowest BCUT2D eigenvalue weighted by atomic mass is 9.92. The van der Waals surface area contributed by atoms with Crippen molar-refractivity contribution >= 4 is 11.9 Å². The molecule has 1 heterocycles. The molecule has 0 aromatic rings. The summed E-state index contributed by atoms with van der Waals surface area (Å²) in [7, 11) is 0. The fourth-order valence-corrected chi connectivity index (χ4v) is 2.71. The van der Waals surface area contributed by atoms with Crippen molar-refractivity contribution in [2.75, 3.05) is 26.2 Å². The molecule has 0 aromatic heterocycles. The molecule has 0 bridgehead atoms. The maximum Gasteiger partial charge on any atom is 0.321 e. The van der Waals surface area contributed by atoms with Crippen LogP contribution in [0.1, 0.15) is 40.0 Å². The standard InChI is InChI=1S/C14H27N3O2/c1-4-5-6-15-14(19)16-13(18)10-17-8-11(2)7-12(3)9-17/h11-12H,4-10H2,1-3H3,(H2,15,16,18,19)/t11-,12-/m1/s1. The molecule has 1 aliphatic rings. The number of carbonyl (C=O) groups is 2. The Bertz CT molecular complexity index is 297. The van der Waals surface area contributed by atoms with Crippen LogP contribution in [0.3, 0.4) is 0 Å². The van der Waals surface area contributed by atoms with Crippen LogP contribution in [-0.2, 0) is 4.79 Å². The van der Waals surface area contributed by atoms with E-state index in [2.05, 4.69) is 36.3 Å². The summed E-state index contributed by atoms with van der Waals surface area (Å²) in [5.74, 6) is 1.03. The van der Waals surface area contributed by atoms with Crippen molar-refractivity contribution in [1.29, 1.82) is 0 Å². The van der Waals surface area contributed by atoms with Crippen LogP contribution in [-0.4, -0.2) is 43.0 Å². The fourth-order valence-electron chi connectivity index (χ4n) is 2.71. The quantitative estimate of drug-likeness (QED) is 0.745. The minimum Gasteiger partial charge on any atom is -0.338 e. The number of hydrogen-bond acceptors (Lipinski definition) is 3. The van der Waals surface area contributed by atoms with Gasteiger partial charge in [0, 0.05) is 19.6 Å². The maximum atomic E-state index is 11.8. The smallest absolute Gasteiger partial charge is 0.321 e. The average Bonchev–Trinajstić information content (AvgIpc) is 2.27. The Kier molecular flexibility index (Phi) is 6.84. The first-order valence-electron chi connectivity index (χ1n) is 7.31. The number of unbranched alkanes of at least 4 members (excludes halogenated alkanes) is 1.